The summed E-state index contributed by atoms with van der Waals surface area (Å²) in [4.78, 5) is 24.2. The molecule has 2 N–H and O–H groups in total. The Bertz CT molecular complexity index is 806. The van der Waals surface area contributed by atoms with Crippen LogP contribution in [0.2, 0.25) is 0 Å². The Kier molecular flexibility index (Phi) is 8.52. The van der Waals surface area contributed by atoms with E-state index in [1.165, 1.54) is 0 Å². The Morgan fingerprint density at radius 3 is 2.34 bits per heavy atom. The van der Waals surface area contributed by atoms with Gasteiger partial charge in [0, 0.05) is 13.0 Å². The van der Waals surface area contributed by atoms with Crippen molar-refractivity contribution in [3.63, 3.8) is 0 Å². The lowest BCUT2D eigenvalue weighted by molar-refractivity contribution is -0.122. The van der Waals surface area contributed by atoms with E-state index in [9.17, 15) is 9.59 Å². The van der Waals surface area contributed by atoms with E-state index in [4.69, 9.17) is 9.47 Å². The molecule has 6 nitrogen and oxygen atoms in total. The maximum atomic E-state index is 12.2. The molecule has 0 spiro atoms. The van der Waals surface area contributed by atoms with Crippen LogP contribution >= 0.6 is 0 Å². The number of nitrogens with one attached hydrogen (secondary N) is 2. The first-order valence-corrected chi connectivity index (χ1v) is 9.83. The van der Waals surface area contributed by atoms with Crippen LogP contribution in [0.4, 0.5) is 0 Å². The molecule has 2 rings (SSSR count). The molecule has 6 heteroatoms. The van der Waals surface area contributed by atoms with Crippen molar-refractivity contribution in [3.8, 4) is 11.5 Å². The van der Waals surface area contributed by atoms with Crippen molar-refractivity contribution in [2.24, 2.45) is 0 Å². The van der Waals surface area contributed by atoms with E-state index >= 15 is 0 Å². The number of carbonyl (C=O) groups is 2. The van der Waals surface area contributed by atoms with E-state index in [1.54, 1.807) is 7.11 Å². The number of hydrogen-bond donors (Lipinski definition) is 2. The van der Waals surface area contributed by atoms with Gasteiger partial charge in [-0.15, -0.1) is 0 Å². The number of carbonyl (C=O) groups excluding carboxylic acids is 2. The van der Waals surface area contributed by atoms with Crippen LogP contribution in [0, 0.1) is 0 Å². The van der Waals surface area contributed by atoms with E-state index < -0.39 is 0 Å². The fourth-order valence-corrected chi connectivity index (χ4v) is 2.86. The molecule has 0 aliphatic heterocycles. The van der Waals surface area contributed by atoms with E-state index in [1.807, 2.05) is 69.3 Å². The SMILES string of the molecule is COc1cc(C(C)NC(=O)CCNC(=O)Cc2ccccc2)ccc1OC(C)C. The van der Waals surface area contributed by atoms with Crippen molar-refractivity contribution < 1.29 is 19.1 Å². The summed E-state index contributed by atoms with van der Waals surface area (Å²) in [5.41, 5.74) is 1.86. The van der Waals surface area contributed by atoms with Crippen molar-refractivity contribution in [2.45, 2.75) is 45.8 Å². The first-order chi connectivity index (χ1) is 13.9. The van der Waals surface area contributed by atoms with Crippen molar-refractivity contribution in [1.82, 2.24) is 10.6 Å². The third kappa shape index (κ3) is 7.49. The largest absolute Gasteiger partial charge is 0.493 e. The summed E-state index contributed by atoms with van der Waals surface area (Å²) in [5, 5.41) is 5.73. The number of methoxy groups -OCH3 is 1. The third-order valence-electron chi connectivity index (χ3n) is 4.31. The van der Waals surface area contributed by atoms with Crippen LogP contribution in [-0.2, 0) is 16.0 Å². The van der Waals surface area contributed by atoms with Crippen LogP contribution in [0.15, 0.2) is 48.5 Å². The Morgan fingerprint density at radius 2 is 1.69 bits per heavy atom. The van der Waals surface area contributed by atoms with E-state index in [-0.39, 0.29) is 30.4 Å². The number of amides is 2. The van der Waals surface area contributed by atoms with Crippen LogP contribution < -0.4 is 20.1 Å². The smallest absolute Gasteiger partial charge is 0.224 e. The Morgan fingerprint density at radius 1 is 0.966 bits per heavy atom. The summed E-state index contributed by atoms with van der Waals surface area (Å²) < 4.78 is 11.1. The molecule has 0 aliphatic carbocycles. The Labute approximate surface area is 172 Å². The first kappa shape index (κ1) is 22.3. The summed E-state index contributed by atoms with van der Waals surface area (Å²) in [7, 11) is 1.59. The fourth-order valence-electron chi connectivity index (χ4n) is 2.86. The molecule has 0 fully saturated rings. The molecular weight excluding hydrogens is 368 g/mol. The Hall–Kier alpha value is -3.02. The average molecular weight is 399 g/mol. The van der Waals surface area contributed by atoms with Crippen molar-refractivity contribution in [3.05, 3.63) is 59.7 Å². The predicted octanol–water partition coefficient (Wildman–Crippen LogP) is 3.41. The molecule has 156 valence electrons. The first-order valence-electron chi connectivity index (χ1n) is 9.83. The molecule has 1 unspecified atom stereocenters. The van der Waals surface area contributed by atoms with Gasteiger partial charge < -0.3 is 20.1 Å². The van der Waals surface area contributed by atoms with Crippen LogP contribution in [0.25, 0.3) is 0 Å². The lowest BCUT2D eigenvalue weighted by Gasteiger charge is -2.18. The molecule has 1 atom stereocenters. The molecule has 2 amide bonds. The van der Waals surface area contributed by atoms with Crippen molar-refractivity contribution >= 4 is 11.8 Å². The van der Waals surface area contributed by atoms with E-state index in [0.717, 1.165) is 11.1 Å². The second-order valence-electron chi connectivity index (χ2n) is 7.13. The second-order valence-corrected chi connectivity index (χ2v) is 7.13. The molecule has 2 aromatic rings. The maximum absolute atomic E-state index is 12.2. The minimum atomic E-state index is -0.190. The van der Waals surface area contributed by atoms with Crippen LogP contribution in [0.5, 0.6) is 11.5 Å². The molecule has 29 heavy (non-hydrogen) atoms. The van der Waals surface area contributed by atoms with Gasteiger partial charge in [-0.25, -0.2) is 0 Å². The minimum Gasteiger partial charge on any atom is -0.493 e. The highest BCUT2D eigenvalue weighted by molar-refractivity contribution is 5.80. The van der Waals surface area contributed by atoms with Gasteiger partial charge in [-0.2, -0.15) is 0 Å². The molecule has 0 saturated carbocycles. The maximum Gasteiger partial charge on any atom is 0.224 e. The highest BCUT2D eigenvalue weighted by Gasteiger charge is 2.14. The monoisotopic (exact) mass is 398 g/mol. The minimum absolute atomic E-state index is 0.0453. The topological polar surface area (TPSA) is 76.7 Å². The summed E-state index contributed by atoms with van der Waals surface area (Å²) >= 11 is 0. The van der Waals surface area contributed by atoms with Gasteiger partial charge in [0.25, 0.3) is 0 Å². The van der Waals surface area contributed by atoms with Crippen LogP contribution in [-0.4, -0.2) is 31.6 Å². The summed E-state index contributed by atoms with van der Waals surface area (Å²) in [6.45, 7) is 6.11. The Balaban J connectivity index is 1.80. The zero-order valence-corrected chi connectivity index (χ0v) is 17.5. The van der Waals surface area contributed by atoms with E-state index in [2.05, 4.69) is 10.6 Å². The van der Waals surface area contributed by atoms with Gasteiger partial charge >= 0.3 is 0 Å². The van der Waals surface area contributed by atoms with Gasteiger partial charge in [0.15, 0.2) is 11.5 Å². The number of benzene rings is 2. The number of rotatable bonds is 10. The zero-order chi connectivity index (χ0) is 21.2. The van der Waals surface area contributed by atoms with Gasteiger partial charge in [0.2, 0.25) is 11.8 Å². The van der Waals surface area contributed by atoms with Crippen molar-refractivity contribution in [1.29, 1.82) is 0 Å². The average Bonchev–Trinajstić information content (AvgIpc) is 2.68. The van der Waals surface area contributed by atoms with E-state index in [0.29, 0.717) is 24.5 Å². The van der Waals surface area contributed by atoms with Crippen LogP contribution in [0.1, 0.15) is 44.4 Å². The number of hydrogen-bond acceptors (Lipinski definition) is 4. The highest BCUT2D eigenvalue weighted by Crippen LogP contribution is 2.31. The molecule has 2 aromatic carbocycles. The molecule has 0 heterocycles. The zero-order valence-electron chi connectivity index (χ0n) is 17.5. The highest BCUT2D eigenvalue weighted by atomic mass is 16.5. The summed E-state index contributed by atoms with van der Waals surface area (Å²) in [5.74, 6) is 1.08. The lowest BCUT2D eigenvalue weighted by atomic mass is 10.1. The fraction of sp³-hybridized carbons (Fsp3) is 0.391. The molecule has 0 aromatic heterocycles. The molecule has 0 aliphatic rings. The quantitative estimate of drug-likeness (QED) is 0.643. The third-order valence-corrected chi connectivity index (χ3v) is 4.31. The van der Waals surface area contributed by atoms with Gasteiger partial charge in [-0.3, -0.25) is 9.59 Å². The van der Waals surface area contributed by atoms with Crippen molar-refractivity contribution in [2.75, 3.05) is 13.7 Å². The lowest BCUT2D eigenvalue weighted by Crippen LogP contribution is -2.32. The summed E-state index contributed by atoms with van der Waals surface area (Å²) in [6, 6.07) is 14.9. The van der Waals surface area contributed by atoms with Gasteiger partial charge in [-0.05, 0) is 44.0 Å². The van der Waals surface area contributed by atoms with Gasteiger partial charge in [-0.1, -0.05) is 36.4 Å². The molecule has 0 radical (unpaired) electrons. The van der Waals surface area contributed by atoms with Gasteiger partial charge in [0.1, 0.15) is 0 Å². The molecule has 0 saturated heterocycles. The normalized spacial score (nSPS) is 11.6. The molecule has 0 bridgehead atoms. The number of ether oxygens (including phenoxy) is 2. The van der Waals surface area contributed by atoms with Crippen LogP contribution in [0.3, 0.4) is 0 Å². The predicted molar refractivity (Wildman–Crippen MR) is 113 cm³/mol. The molecular formula is C23H30N2O4. The second kappa shape index (κ2) is 11.1. The summed E-state index contributed by atoms with van der Waals surface area (Å²) in [6.07, 6.45) is 0.573. The van der Waals surface area contributed by atoms with Gasteiger partial charge in [0.05, 0.1) is 25.7 Å². The standard InChI is InChI=1S/C23H30N2O4/c1-16(2)29-20-11-10-19(15-21(20)28-4)17(3)25-22(26)12-13-24-23(27)14-18-8-6-5-7-9-18/h5-11,15-17H,12-14H2,1-4H3,(H,24,27)(H,25,26).